The number of nitrogens with one attached hydrogen (secondary N) is 2. The van der Waals surface area contributed by atoms with E-state index >= 15 is 0 Å². The molecule has 1 heterocycles. The molecule has 0 fully saturated rings. The Kier molecular flexibility index (Phi) is 6.14. The molecule has 0 spiro atoms. The van der Waals surface area contributed by atoms with Crippen molar-refractivity contribution in [3.05, 3.63) is 60.1 Å². The summed E-state index contributed by atoms with van der Waals surface area (Å²) in [4.78, 5) is 23.3. The van der Waals surface area contributed by atoms with Crippen LogP contribution in [-0.4, -0.2) is 23.5 Å². The van der Waals surface area contributed by atoms with E-state index in [-0.39, 0.29) is 31.4 Å². The number of hydrogen-bond acceptors (Lipinski definition) is 4. The summed E-state index contributed by atoms with van der Waals surface area (Å²) in [5, 5.41) is 14.4. The summed E-state index contributed by atoms with van der Waals surface area (Å²) in [6, 6.07) is 10.4. The van der Waals surface area contributed by atoms with E-state index in [1.807, 2.05) is 0 Å². The van der Waals surface area contributed by atoms with Crippen molar-refractivity contribution in [2.75, 3.05) is 11.9 Å². The van der Waals surface area contributed by atoms with E-state index in [4.69, 9.17) is 9.52 Å². The second-order valence-corrected chi connectivity index (χ2v) is 4.80. The Balaban J connectivity index is 1.71. The van der Waals surface area contributed by atoms with Gasteiger partial charge in [-0.25, -0.2) is 0 Å². The lowest BCUT2D eigenvalue weighted by molar-refractivity contribution is -0.117. The van der Waals surface area contributed by atoms with Gasteiger partial charge in [0.1, 0.15) is 5.76 Å². The fourth-order valence-electron chi connectivity index (χ4n) is 1.87. The van der Waals surface area contributed by atoms with Crippen molar-refractivity contribution in [2.45, 2.75) is 13.0 Å². The zero-order chi connectivity index (χ0) is 16.5. The maximum Gasteiger partial charge on any atom is 0.244 e. The quantitative estimate of drug-likeness (QED) is 0.681. The maximum absolute atomic E-state index is 11.8. The fraction of sp³-hybridized carbons (Fsp3) is 0.176. The van der Waals surface area contributed by atoms with E-state index in [0.29, 0.717) is 11.4 Å². The first-order valence-corrected chi connectivity index (χ1v) is 7.16. The Bertz CT molecular complexity index is 678. The SMILES string of the molecule is O=C(/C=C/c1ccco1)NCCC(=O)Nc1cccc(CO)c1. The maximum atomic E-state index is 11.8. The molecule has 0 aliphatic heterocycles. The highest BCUT2D eigenvalue weighted by Crippen LogP contribution is 2.10. The van der Waals surface area contributed by atoms with E-state index in [1.165, 1.54) is 12.3 Å². The van der Waals surface area contributed by atoms with Gasteiger partial charge in [0.15, 0.2) is 0 Å². The molecule has 120 valence electrons. The van der Waals surface area contributed by atoms with Gasteiger partial charge < -0.3 is 20.2 Å². The molecule has 2 amide bonds. The molecule has 0 aliphatic carbocycles. The second-order valence-electron chi connectivity index (χ2n) is 4.80. The Hall–Kier alpha value is -2.86. The van der Waals surface area contributed by atoms with Crippen molar-refractivity contribution in [3.8, 4) is 0 Å². The molecule has 0 radical (unpaired) electrons. The molecule has 0 bridgehead atoms. The summed E-state index contributed by atoms with van der Waals surface area (Å²) >= 11 is 0. The molecule has 1 aromatic heterocycles. The normalized spacial score (nSPS) is 10.7. The summed E-state index contributed by atoms with van der Waals surface area (Å²) in [6.07, 6.45) is 4.58. The standard InChI is InChI=1S/C17H18N2O4/c20-12-13-3-1-4-14(11-13)19-17(22)8-9-18-16(21)7-6-15-5-2-10-23-15/h1-7,10-11,20H,8-9,12H2,(H,18,21)(H,19,22)/b7-6+. The van der Waals surface area contributed by atoms with Gasteiger partial charge in [-0.3, -0.25) is 9.59 Å². The Morgan fingerprint density at radius 2 is 2.09 bits per heavy atom. The van der Waals surface area contributed by atoms with Crippen LogP contribution >= 0.6 is 0 Å². The zero-order valence-corrected chi connectivity index (χ0v) is 12.5. The average molecular weight is 314 g/mol. The summed E-state index contributed by atoms with van der Waals surface area (Å²) in [7, 11) is 0. The van der Waals surface area contributed by atoms with E-state index in [2.05, 4.69) is 10.6 Å². The minimum absolute atomic E-state index is 0.0816. The molecule has 6 nitrogen and oxygen atoms in total. The molecule has 1 aromatic carbocycles. The lowest BCUT2D eigenvalue weighted by Gasteiger charge is -2.06. The van der Waals surface area contributed by atoms with Gasteiger partial charge in [0, 0.05) is 24.7 Å². The number of anilines is 1. The lowest BCUT2D eigenvalue weighted by Crippen LogP contribution is -2.26. The van der Waals surface area contributed by atoms with Crippen LogP contribution in [0.4, 0.5) is 5.69 Å². The Morgan fingerprint density at radius 1 is 1.22 bits per heavy atom. The first-order chi connectivity index (χ1) is 11.2. The fourth-order valence-corrected chi connectivity index (χ4v) is 1.87. The molecule has 0 atom stereocenters. The van der Waals surface area contributed by atoms with Gasteiger partial charge in [-0.15, -0.1) is 0 Å². The Labute approximate surface area is 133 Å². The molecule has 0 aliphatic rings. The smallest absolute Gasteiger partial charge is 0.244 e. The molecular formula is C17H18N2O4. The van der Waals surface area contributed by atoms with E-state index in [1.54, 1.807) is 42.5 Å². The molecular weight excluding hydrogens is 296 g/mol. The van der Waals surface area contributed by atoms with Gasteiger partial charge in [0.2, 0.25) is 11.8 Å². The number of furan rings is 1. The lowest BCUT2D eigenvalue weighted by atomic mass is 10.2. The number of carbonyl (C=O) groups excluding carboxylic acids is 2. The van der Waals surface area contributed by atoms with Crippen LogP contribution in [-0.2, 0) is 16.2 Å². The third-order valence-electron chi connectivity index (χ3n) is 2.99. The molecule has 6 heteroatoms. The number of hydrogen-bond donors (Lipinski definition) is 3. The zero-order valence-electron chi connectivity index (χ0n) is 12.5. The number of benzene rings is 1. The first-order valence-electron chi connectivity index (χ1n) is 7.16. The van der Waals surface area contributed by atoms with Crippen LogP contribution in [0.15, 0.2) is 53.2 Å². The van der Waals surface area contributed by atoms with Crippen LogP contribution in [0.25, 0.3) is 6.08 Å². The van der Waals surface area contributed by atoms with E-state index < -0.39 is 0 Å². The summed E-state index contributed by atoms with van der Waals surface area (Å²) < 4.78 is 5.06. The van der Waals surface area contributed by atoms with E-state index in [9.17, 15) is 9.59 Å². The highest BCUT2D eigenvalue weighted by Gasteiger charge is 2.04. The highest BCUT2D eigenvalue weighted by molar-refractivity contribution is 5.93. The van der Waals surface area contributed by atoms with Crippen molar-refractivity contribution in [1.29, 1.82) is 0 Å². The van der Waals surface area contributed by atoms with Crippen molar-refractivity contribution >= 4 is 23.6 Å². The monoisotopic (exact) mass is 314 g/mol. The largest absolute Gasteiger partial charge is 0.465 e. The molecule has 2 rings (SSSR count). The number of rotatable bonds is 7. The van der Waals surface area contributed by atoms with Gasteiger partial charge in [0.25, 0.3) is 0 Å². The van der Waals surface area contributed by atoms with Crippen LogP contribution in [0.5, 0.6) is 0 Å². The van der Waals surface area contributed by atoms with Gasteiger partial charge >= 0.3 is 0 Å². The van der Waals surface area contributed by atoms with Crippen LogP contribution in [0.3, 0.4) is 0 Å². The topological polar surface area (TPSA) is 91.6 Å². The minimum Gasteiger partial charge on any atom is -0.465 e. The average Bonchev–Trinajstić information content (AvgIpc) is 3.06. The van der Waals surface area contributed by atoms with Crippen molar-refractivity contribution < 1.29 is 19.1 Å². The summed E-state index contributed by atoms with van der Waals surface area (Å²) in [6.45, 7) is 0.147. The van der Waals surface area contributed by atoms with Crippen molar-refractivity contribution in [3.63, 3.8) is 0 Å². The number of carbonyl (C=O) groups is 2. The van der Waals surface area contributed by atoms with Crippen LogP contribution in [0, 0.1) is 0 Å². The number of amides is 2. The molecule has 2 aromatic rings. The number of aliphatic hydroxyl groups excluding tert-OH is 1. The van der Waals surface area contributed by atoms with E-state index in [0.717, 1.165) is 5.56 Å². The third-order valence-corrected chi connectivity index (χ3v) is 2.99. The van der Waals surface area contributed by atoms with Crippen molar-refractivity contribution in [2.24, 2.45) is 0 Å². The Morgan fingerprint density at radius 3 is 2.83 bits per heavy atom. The van der Waals surface area contributed by atoms with Gasteiger partial charge in [-0.2, -0.15) is 0 Å². The molecule has 0 saturated heterocycles. The highest BCUT2D eigenvalue weighted by atomic mass is 16.3. The predicted octanol–water partition coefficient (Wildman–Crippen LogP) is 1.93. The molecule has 23 heavy (non-hydrogen) atoms. The van der Waals surface area contributed by atoms with Gasteiger partial charge in [-0.05, 0) is 35.9 Å². The van der Waals surface area contributed by atoms with Crippen LogP contribution in [0.2, 0.25) is 0 Å². The van der Waals surface area contributed by atoms with Gasteiger partial charge in [0.05, 0.1) is 12.9 Å². The van der Waals surface area contributed by atoms with Crippen LogP contribution in [0.1, 0.15) is 17.7 Å². The first kappa shape index (κ1) is 16.5. The second kappa shape index (κ2) is 8.55. The third kappa shape index (κ3) is 5.80. The molecule has 0 saturated carbocycles. The van der Waals surface area contributed by atoms with Gasteiger partial charge in [-0.1, -0.05) is 12.1 Å². The van der Waals surface area contributed by atoms with Crippen LogP contribution < -0.4 is 10.6 Å². The predicted molar refractivity (Wildman–Crippen MR) is 86.4 cm³/mol. The molecule has 0 unspecified atom stereocenters. The molecule has 3 N–H and O–H groups in total. The summed E-state index contributed by atoms with van der Waals surface area (Å²) in [5.74, 6) is 0.0774. The minimum atomic E-state index is -0.295. The number of aliphatic hydroxyl groups is 1. The van der Waals surface area contributed by atoms with Crippen molar-refractivity contribution in [1.82, 2.24) is 5.32 Å². The summed E-state index contributed by atoms with van der Waals surface area (Å²) in [5.41, 5.74) is 1.34.